The van der Waals surface area contributed by atoms with Crippen LogP contribution in [0.3, 0.4) is 0 Å². The number of anilines is 1. The van der Waals surface area contributed by atoms with Crippen LogP contribution in [0.15, 0.2) is 48.5 Å². The molecule has 2 amide bonds. The van der Waals surface area contributed by atoms with Gasteiger partial charge in [0.15, 0.2) is 11.5 Å². The van der Waals surface area contributed by atoms with Crippen molar-refractivity contribution in [2.45, 2.75) is 58.3 Å². The number of aryl methyl sites for hydroxylation is 1. The molecule has 0 fully saturated rings. The van der Waals surface area contributed by atoms with Crippen LogP contribution in [0.4, 0.5) is 19.0 Å². The number of rotatable bonds is 8. The summed E-state index contributed by atoms with van der Waals surface area (Å²) in [6.07, 6.45) is -0.686. The van der Waals surface area contributed by atoms with Crippen molar-refractivity contribution in [3.63, 3.8) is 0 Å². The maximum Gasteiger partial charge on any atom is 0.416 e. The van der Waals surface area contributed by atoms with Gasteiger partial charge >= 0.3 is 6.18 Å². The summed E-state index contributed by atoms with van der Waals surface area (Å²) in [6, 6.07) is 11.7. The molecule has 2 aromatic carbocycles. The molecule has 6 nitrogen and oxygen atoms in total. The molecule has 0 bridgehead atoms. The van der Waals surface area contributed by atoms with Gasteiger partial charge in [0.1, 0.15) is 5.82 Å². The molecule has 0 radical (unpaired) electrons. The predicted molar refractivity (Wildman–Crippen MR) is 136 cm³/mol. The highest BCUT2D eigenvalue weighted by Crippen LogP contribution is 2.32. The Morgan fingerprint density at radius 3 is 2.65 bits per heavy atom. The van der Waals surface area contributed by atoms with Crippen LogP contribution in [0.1, 0.15) is 70.4 Å². The maximum absolute atomic E-state index is 13.6. The van der Waals surface area contributed by atoms with Crippen molar-refractivity contribution in [1.82, 2.24) is 14.9 Å². The quantitative estimate of drug-likeness (QED) is 0.372. The second-order valence-corrected chi connectivity index (χ2v) is 9.40. The fraction of sp³-hybridized carbons (Fsp3) is 0.370. The van der Waals surface area contributed by atoms with E-state index < -0.39 is 17.6 Å². The van der Waals surface area contributed by atoms with Crippen molar-refractivity contribution in [2.24, 2.45) is 0 Å². The largest absolute Gasteiger partial charge is 0.416 e. The van der Waals surface area contributed by atoms with E-state index in [0.29, 0.717) is 42.3 Å². The first-order valence-electron chi connectivity index (χ1n) is 12.3. The number of halogens is 4. The van der Waals surface area contributed by atoms with Gasteiger partial charge in [-0.2, -0.15) is 13.2 Å². The molecule has 10 heteroatoms. The number of carbonyl (C=O) groups is 2. The molecular weight excluding hydrogens is 505 g/mol. The van der Waals surface area contributed by atoms with Gasteiger partial charge in [-0.1, -0.05) is 49.2 Å². The van der Waals surface area contributed by atoms with Crippen molar-refractivity contribution in [3.8, 4) is 0 Å². The summed E-state index contributed by atoms with van der Waals surface area (Å²) in [6.45, 7) is 2.55. The zero-order chi connectivity index (χ0) is 26.6. The van der Waals surface area contributed by atoms with Crippen LogP contribution < -0.4 is 10.2 Å². The van der Waals surface area contributed by atoms with Crippen molar-refractivity contribution < 1.29 is 22.8 Å². The Labute approximate surface area is 218 Å². The second kappa shape index (κ2) is 11.4. The minimum Gasteiger partial charge on any atom is -0.347 e. The smallest absolute Gasteiger partial charge is 0.347 e. The lowest BCUT2D eigenvalue weighted by atomic mass is 10.1. The van der Waals surface area contributed by atoms with Gasteiger partial charge in [0, 0.05) is 36.6 Å². The van der Waals surface area contributed by atoms with Crippen LogP contribution in [0.5, 0.6) is 0 Å². The highest BCUT2D eigenvalue weighted by molar-refractivity contribution is 6.31. The predicted octanol–water partition coefficient (Wildman–Crippen LogP) is 6.27. The van der Waals surface area contributed by atoms with Gasteiger partial charge in [0.05, 0.1) is 5.56 Å². The fourth-order valence-corrected chi connectivity index (χ4v) is 4.68. The molecule has 0 unspecified atom stereocenters. The molecule has 0 atom stereocenters. The first kappa shape index (κ1) is 26.7. The Morgan fingerprint density at radius 2 is 1.92 bits per heavy atom. The molecule has 0 saturated carbocycles. The number of alkyl halides is 3. The normalized spacial score (nSPS) is 13.2. The van der Waals surface area contributed by atoms with Crippen LogP contribution in [0, 0.1) is 0 Å². The van der Waals surface area contributed by atoms with E-state index in [2.05, 4.69) is 5.32 Å². The van der Waals surface area contributed by atoms with Gasteiger partial charge in [-0.25, -0.2) is 4.98 Å². The van der Waals surface area contributed by atoms with E-state index in [-0.39, 0.29) is 29.5 Å². The molecule has 37 heavy (non-hydrogen) atoms. The van der Waals surface area contributed by atoms with Crippen LogP contribution >= 0.6 is 11.6 Å². The third kappa shape index (κ3) is 5.98. The summed E-state index contributed by atoms with van der Waals surface area (Å²) in [4.78, 5) is 33.3. The number of amides is 2. The molecule has 0 spiro atoms. The van der Waals surface area contributed by atoms with Gasteiger partial charge in [-0.05, 0) is 49.1 Å². The van der Waals surface area contributed by atoms with Crippen molar-refractivity contribution in [2.75, 3.05) is 11.4 Å². The molecule has 0 aliphatic carbocycles. The van der Waals surface area contributed by atoms with E-state index in [0.717, 1.165) is 25.3 Å². The molecule has 2 heterocycles. The minimum absolute atomic E-state index is 0.0406. The molecule has 3 aromatic rings. The Hall–Kier alpha value is -3.33. The molecule has 1 aromatic heterocycles. The topological polar surface area (TPSA) is 67.2 Å². The Bertz CT molecular complexity index is 1290. The monoisotopic (exact) mass is 532 g/mol. The third-order valence-electron chi connectivity index (χ3n) is 6.35. The average molecular weight is 533 g/mol. The lowest BCUT2D eigenvalue weighted by molar-refractivity contribution is -0.138. The van der Waals surface area contributed by atoms with Crippen LogP contribution in [-0.2, 0) is 25.7 Å². The van der Waals surface area contributed by atoms with Crippen LogP contribution in [-0.4, -0.2) is 27.9 Å². The third-order valence-corrected chi connectivity index (χ3v) is 6.58. The lowest BCUT2D eigenvalue weighted by Crippen LogP contribution is -2.35. The number of fused-ring (bicyclic) bond motifs is 1. The standard InChI is InChI=1S/C27H28ClF3N4O2/c1-2-3-14-35(26(37)18-10-8-11-20(28)16-18)24-23(34-15-7-6-13-22(34)33-24)25(36)32-17-19-9-4-5-12-21(19)27(29,30)31/h4-5,8-12,16H,2-3,6-7,13-15,17H2,1H3,(H,32,36). The molecule has 0 saturated heterocycles. The van der Waals surface area contributed by atoms with E-state index in [1.54, 1.807) is 28.8 Å². The second-order valence-electron chi connectivity index (χ2n) is 8.97. The van der Waals surface area contributed by atoms with Gasteiger partial charge < -0.3 is 9.88 Å². The Morgan fingerprint density at radius 1 is 1.14 bits per heavy atom. The molecule has 1 aliphatic heterocycles. The van der Waals surface area contributed by atoms with Crippen molar-refractivity contribution in [1.29, 1.82) is 0 Å². The summed E-state index contributed by atoms with van der Waals surface area (Å²) >= 11 is 6.12. The number of nitrogens with zero attached hydrogens (tertiary/aromatic N) is 3. The number of imidazole rings is 1. The fourth-order valence-electron chi connectivity index (χ4n) is 4.49. The number of benzene rings is 2. The highest BCUT2D eigenvalue weighted by Gasteiger charge is 2.34. The van der Waals surface area contributed by atoms with Crippen LogP contribution in [0.25, 0.3) is 0 Å². The number of carbonyl (C=O) groups excluding carboxylic acids is 2. The number of aromatic nitrogens is 2. The minimum atomic E-state index is -4.54. The summed E-state index contributed by atoms with van der Waals surface area (Å²) in [7, 11) is 0. The molecule has 196 valence electrons. The zero-order valence-electron chi connectivity index (χ0n) is 20.4. The van der Waals surface area contributed by atoms with Gasteiger partial charge in [0.25, 0.3) is 11.8 Å². The van der Waals surface area contributed by atoms with Gasteiger partial charge in [0.2, 0.25) is 0 Å². The number of hydrogen-bond acceptors (Lipinski definition) is 3. The van der Waals surface area contributed by atoms with E-state index >= 15 is 0 Å². The van der Waals surface area contributed by atoms with Crippen LogP contribution in [0.2, 0.25) is 5.02 Å². The van der Waals surface area contributed by atoms with E-state index in [4.69, 9.17) is 16.6 Å². The average Bonchev–Trinajstić information content (AvgIpc) is 3.26. The number of nitrogens with one attached hydrogen (secondary N) is 1. The van der Waals surface area contributed by atoms with Crippen molar-refractivity contribution >= 4 is 29.2 Å². The summed E-state index contributed by atoms with van der Waals surface area (Å²) < 4.78 is 42.2. The zero-order valence-corrected chi connectivity index (χ0v) is 21.2. The molecule has 1 aliphatic rings. The maximum atomic E-state index is 13.6. The van der Waals surface area contributed by atoms with Crippen molar-refractivity contribution in [3.05, 3.63) is 81.8 Å². The van der Waals surface area contributed by atoms with Gasteiger partial charge in [-0.15, -0.1) is 0 Å². The van der Waals surface area contributed by atoms with E-state index in [9.17, 15) is 22.8 Å². The Kier molecular flexibility index (Phi) is 8.22. The molecular formula is C27H28ClF3N4O2. The summed E-state index contributed by atoms with van der Waals surface area (Å²) in [5, 5.41) is 3.05. The Balaban J connectivity index is 1.71. The summed E-state index contributed by atoms with van der Waals surface area (Å²) in [5.74, 6) is -0.0182. The lowest BCUT2D eigenvalue weighted by Gasteiger charge is -2.23. The first-order chi connectivity index (χ1) is 17.7. The molecule has 1 N–H and O–H groups in total. The first-order valence-corrected chi connectivity index (χ1v) is 12.7. The molecule has 4 rings (SSSR count). The highest BCUT2D eigenvalue weighted by atomic mass is 35.5. The number of hydrogen-bond donors (Lipinski definition) is 1. The SMILES string of the molecule is CCCCN(C(=O)c1cccc(Cl)c1)c1nc2n(c1C(=O)NCc1ccccc1C(F)(F)F)CCCC2. The summed E-state index contributed by atoms with van der Waals surface area (Å²) in [5.41, 5.74) is -0.293. The van der Waals surface area contributed by atoms with Gasteiger partial charge in [-0.3, -0.25) is 14.5 Å². The number of unbranched alkanes of at least 4 members (excludes halogenated alkanes) is 1. The van der Waals surface area contributed by atoms with E-state index in [1.807, 2.05) is 6.92 Å². The van der Waals surface area contributed by atoms with E-state index in [1.165, 1.54) is 23.1 Å².